The number of pyridine rings is 1. The smallest absolute Gasteiger partial charge is 0.127 e. The van der Waals surface area contributed by atoms with Gasteiger partial charge < -0.3 is 10.5 Å². The molecule has 98 valence electrons. The number of fused-ring (bicyclic) bond motifs is 1. The van der Waals surface area contributed by atoms with Gasteiger partial charge in [-0.1, -0.05) is 18.2 Å². The fourth-order valence-corrected chi connectivity index (χ4v) is 2.94. The molecule has 2 aromatic rings. The second kappa shape index (κ2) is 5.31. The minimum absolute atomic E-state index is 0.274. The van der Waals surface area contributed by atoms with Crippen molar-refractivity contribution in [1.29, 1.82) is 0 Å². The zero-order chi connectivity index (χ0) is 13.2. The number of halogens is 1. The molecule has 3 rings (SSSR count). The first kappa shape index (κ1) is 12.6. The molecule has 0 spiro atoms. The largest absolute Gasteiger partial charge is 0.493 e. The van der Waals surface area contributed by atoms with Crippen molar-refractivity contribution < 1.29 is 4.74 Å². The van der Waals surface area contributed by atoms with Crippen LogP contribution < -0.4 is 10.5 Å². The molecular weight excluding hydrogens is 304 g/mol. The van der Waals surface area contributed by atoms with Gasteiger partial charge in [-0.2, -0.15) is 0 Å². The standard InChI is InChI=1S/C15H15BrN2O/c16-12-7-2-8-18-14(12)13(17)11-6-1-4-10-5-3-9-19-15(10)11/h1-2,4,6-8,13H,3,5,9,17H2. The van der Waals surface area contributed by atoms with E-state index in [0.29, 0.717) is 0 Å². The molecule has 0 fully saturated rings. The van der Waals surface area contributed by atoms with Crippen molar-refractivity contribution in [3.63, 3.8) is 0 Å². The highest BCUT2D eigenvalue weighted by Gasteiger charge is 2.21. The van der Waals surface area contributed by atoms with Gasteiger partial charge in [-0.3, -0.25) is 4.98 Å². The topological polar surface area (TPSA) is 48.1 Å². The molecule has 0 saturated heterocycles. The number of aromatic nitrogens is 1. The Labute approximate surface area is 120 Å². The molecule has 1 aliphatic rings. The van der Waals surface area contributed by atoms with Crippen LogP contribution in [0.2, 0.25) is 0 Å². The van der Waals surface area contributed by atoms with E-state index < -0.39 is 0 Å². The monoisotopic (exact) mass is 318 g/mol. The SMILES string of the molecule is NC(c1cccc2c1OCCC2)c1ncccc1Br. The second-order valence-electron chi connectivity index (χ2n) is 4.64. The van der Waals surface area contributed by atoms with E-state index in [9.17, 15) is 0 Å². The van der Waals surface area contributed by atoms with E-state index in [2.05, 4.69) is 27.0 Å². The van der Waals surface area contributed by atoms with Gasteiger partial charge in [-0.05, 0) is 46.5 Å². The summed E-state index contributed by atoms with van der Waals surface area (Å²) in [7, 11) is 0. The van der Waals surface area contributed by atoms with Gasteiger partial charge in [0.25, 0.3) is 0 Å². The van der Waals surface area contributed by atoms with E-state index in [1.165, 1.54) is 5.56 Å². The highest BCUT2D eigenvalue weighted by Crippen LogP contribution is 2.35. The number of rotatable bonds is 2. The highest BCUT2D eigenvalue weighted by atomic mass is 79.9. The Hall–Kier alpha value is -1.39. The molecule has 1 aliphatic heterocycles. The number of hydrogen-bond donors (Lipinski definition) is 1. The number of nitrogens with zero attached hydrogens (tertiary/aromatic N) is 1. The molecule has 0 radical (unpaired) electrons. The van der Waals surface area contributed by atoms with Crippen molar-refractivity contribution in [3.05, 3.63) is 57.8 Å². The summed E-state index contributed by atoms with van der Waals surface area (Å²) in [6, 6.07) is 9.74. The van der Waals surface area contributed by atoms with Gasteiger partial charge in [0, 0.05) is 16.2 Å². The summed E-state index contributed by atoms with van der Waals surface area (Å²) in [5.41, 5.74) is 9.46. The average molecular weight is 319 g/mol. The van der Waals surface area contributed by atoms with Crippen molar-refractivity contribution in [1.82, 2.24) is 4.98 Å². The van der Waals surface area contributed by atoms with Gasteiger partial charge >= 0.3 is 0 Å². The Balaban J connectivity index is 2.05. The van der Waals surface area contributed by atoms with Crippen LogP contribution in [0.25, 0.3) is 0 Å². The molecule has 1 aromatic carbocycles. The van der Waals surface area contributed by atoms with Crippen molar-refractivity contribution in [3.8, 4) is 5.75 Å². The fourth-order valence-electron chi connectivity index (χ4n) is 2.43. The number of para-hydroxylation sites is 1. The summed E-state index contributed by atoms with van der Waals surface area (Å²) >= 11 is 3.51. The van der Waals surface area contributed by atoms with Gasteiger partial charge in [0.1, 0.15) is 5.75 Å². The summed E-state index contributed by atoms with van der Waals surface area (Å²) in [5, 5.41) is 0. The summed E-state index contributed by atoms with van der Waals surface area (Å²) in [4.78, 5) is 4.38. The van der Waals surface area contributed by atoms with Crippen LogP contribution in [-0.4, -0.2) is 11.6 Å². The molecule has 1 atom stereocenters. The van der Waals surface area contributed by atoms with Crippen molar-refractivity contribution in [2.75, 3.05) is 6.61 Å². The van der Waals surface area contributed by atoms with E-state index in [1.807, 2.05) is 24.3 Å². The normalized spacial score (nSPS) is 15.5. The Morgan fingerprint density at radius 1 is 1.26 bits per heavy atom. The van der Waals surface area contributed by atoms with Crippen LogP contribution in [0.5, 0.6) is 5.75 Å². The van der Waals surface area contributed by atoms with Crippen LogP contribution in [0.1, 0.15) is 29.3 Å². The molecule has 4 heteroatoms. The van der Waals surface area contributed by atoms with Crippen LogP contribution in [0.3, 0.4) is 0 Å². The molecule has 3 nitrogen and oxygen atoms in total. The second-order valence-corrected chi connectivity index (χ2v) is 5.49. The first-order valence-corrected chi connectivity index (χ1v) is 7.17. The Morgan fingerprint density at radius 3 is 3.00 bits per heavy atom. The zero-order valence-corrected chi connectivity index (χ0v) is 12.1. The lowest BCUT2D eigenvalue weighted by molar-refractivity contribution is 0.284. The maximum Gasteiger partial charge on any atom is 0.127 e. The van der Waals surface area contributed by atoms with Crippen LogP contribution in [0.15, 0.2) is 41.0 Å². The lowest BCUT2D eigenvalue weighted by Crippen LogP contribution is -2.18. The molecule has 0 saturated carbocycles. The zero-order valence-electron chi connectivity index (χ0n) is 10.5. The van der Waals surface area contributed by atoms with E-state index >= 15 is 0 Å². The summed E-state index contributed by atoms with van der Waals surface area (Å²) in [6.45, 7) is 0.764. The van der Waals surface area contributed by atoms with Gasteiger partial charge in [-0.25, -0.2) is 0 Å². The van der Waals surface area contributed by atoms with Crippen molar-refractivity contribution >= 4 is 15.9 Å². The fraction of sp³-hybridized carbons (Fsp3) is 0.267. The predicted octanol–water partition coefficient (Wildman–Crippen LogP) is 3.22. The molecular formula is C15H15BrN2O. The molecule has 2 N–H and O–H groups in total. The Kier molecular flexibility index (Phi) is 3.53. The van der Waals surface area contributed by atoms with Gasteiger partial charge in [0.2, 0.25) is 0 Å². The summed E-state index contributed by atoms with van der Waals surface area (Å²) in [5.74, 6) is 0.943. The van der Waals surface area contributed by atoms with Crippen molar-refractivity contribution in [2.45, 2.75) is 18.9 Å². The van der Waals surface area contributed by atoms with E-state index in [-0.39, 0.29) is 6.04 Å². The molecule has 19 heavy (non-hydrogen) atoms. The van der Waals surface area contributed by atoms with Crippen LogP contribution >= 0.6 is 15.9 Å². The number of ether oxygens (including phenoxy) is 1. The first-order valence-electron chi connectivity index (χ1n) is 6.38. The van der Waals surface area contributed by atoms with E-state index in [0.717, 1.165) is 40.9 Å². The predicted molar refractivity (Wildman–Crippen MR) is 78.2 cm³/mol. The number of aryl methyl sites for hydroxylation is 1. The van der Waals surface area contributed by atoms with Crippen LogP contribution in [-0.2, 0) is 6.42 Å². The third-order valence-electron chi connectivity index (χ3n) is 3.38. The maximum absolute atomic E-state index is 6.37. The van der Waals surface area contributed by atoms with Crippen LogP contribution in [0.4, 0.5) is 0 Å². The van der Waals surface area contributed by atoms with Gasteiger partial charge in [0.15, 0.2) is 0 Å². The number of hydrogen-bond acceptors (Lipinski definition) is 3. The summed E-state index contributed by atoms with van der Waals surface area (Å²) in [6.07, 6.45) is 3.88. The van der Waals surface area contributed by atoms with Gasteiger partial charge in [-0.15, -0.1) is 0 Å². The Morgan fingerprint density at radius 2 is 2.16 bits per heavy atom. The molecule has 2 heterocycles. The lowest BCUT2D eigenvalue weighted by atomic mass is 9.96. The first-order chi connectivity index (χ1) is 9.27. The molecule has 0 amide bonds. The van der Waals surface area contributed by atoms with E-state index in [1.54, 1.807) is 6.20 Å². The average Bonchev–Trinajstić information content (AvgIpc) is 2.46. The minimum atomic E-state index is -0.274. The molecule has 1 aromatic heterocycles. The quantitative estimate of drug-likeness (QED) is 0.924. The molecule has 0 bridgehead atoms. The molecule has 0 aliphatic carbocycles. The molecule has 1 unspecified atom stereocenters. The van der Waals surface area contributed by atoms with Crippen LogP contribution in [0, 0.1) is 0 Å². The highest BCUT2D eigenvalue weighted by molar-refractivity contribution is 9.10. The number of benzene rings is 1. The summed E-state index contributed by atoms with van der Waals surface area (Å²) < 4.78 is 6.74. The lowest BCUT2D eigenvalue weighted by Gasteiger charge is -2.23. The Bertz CT molecular complexity index is 600. The van der Waals surface area contributed by atoms with Gasteiger partial charge in [0.05, 0.1) is 18.3 Å². The maximum atomic E-state index is 6.37. The van der Waals surface area contributed by atoms with E-state index in [4.69, 9.17) is 10.5 Å². The third-order valence-corrected chi connectivity index (χ3v) is 4.05. The third kappa shape index (κ3) is 2.38. The van der Waals surface area contributed by atoms with Crippen molar-refractivity contribution in [2.24, 2.45) is 5.73 Å². The minimum Gasteiger partial charge on any atom is -0.493 e. The number of nitrogens with two attached hydrogens (primary N) is 1.